The van der Waals surface area contributed by atoms with Crippen LogP contribution in [0.2, 0.25) is 0 Å². The molecule has 1 aromatic rings. The molecule has 3 aliphatic rings. The summed E-state index contributed by atoms with van der Waals surface area (Å²) in [6, 6.07) is 6.99. The minimum absolute atomic E-state index is 0.231. The minimum atomic E-state index is -0.265. The lowest BCUT2D eigenvalue weighted by Crippen LogP contribution is -2.41. The lowest BCUT2D eigenvalue weighted by atomic mass is 9.64. The predicted octanol–water partition coefficient (Wildman–Crippen LogP) is 4.45. The van der Waals surface area contributed by atoms with Crippen molar-refractivity contribution in [1.29, 1.82) is 0 Å². The molecule has 0 amide bonds. The van der Waals surface area contributed by atoms with E-state index in [1.165, 1.54) is 37.6 Å². The van der Waals surface area contributed by atoms with Crippen LogP contribution in [0.15, 0.2) is 18.2 Å². The maximum Gasteiger partial charge on any atom is 0.494 e. The molecule has 4 rings (SSSR count). The topological polar surface area (TPSA) is 18.5 Å². The zero-order valence-corrected chi connectivity index (χ0v) is 15.9. The lowest BCUT2D eigenvalue weighted by molar-refractivity contribution is 0.00578. The van der Waals surface area contributed by atoms with Crippen LogP contribution in [-0.4, -0.2) is 18.3 Å². The summed E-state index contributed by atoms with van der Waals surface area (Å²) in [6.45, 7) is 10.9. The van der Waals surface area contributed by atoms with Crippen molar-refractivity contribution in [3.05, 3.63) is 29.3 Å². The van der Waals surface area contributed by atoms with E-state index in [2.05, 4.69) is 52.8 Å². The average molecular weight is 326 g/mol. The second-order valence-corrected chi connectivity index (χ2v) is 9.29. The van der Waals surface area contributed by atoms with Gasteiger partial charge >= 0.3 is 7.12 Å². The summed E-state index contributed by atoms with van der Waals surface area (Å²) in [4.78, 5) is 0. The van der Waals surface area contributed by atoms with Crippen LogP contribution in [-0.2, 0) is 15.7 Å². The van der Waals surface area contributed by atoms with Gasteiger partial charge in [-0.05, 0) is 87.7 Å². The fourth-order valence-corrected chi connectivity index (χ4v) is 4.96. The SMILES string of the molecule is CCC1CC2Cc3cc(B4OC(C)(C)C(C)(C)O4)ccc3C(C1)C2. The van der Waals surface area contributed by atoms with E-state index in [-0.39, 0.29) is 18.3 Å². The largest absolute Gasteiger partial charge is 0.494 e. The average Bonchev–Trinajstić information content (AvgIpc) is 2.74. The number of hydrogen-bond donors (Lipinski definition) is 0. The summed E-state index contributed by atoms with van der Waals surface area (Å²) >= 11 is 0. The van der Waals surface area contributed by atoms with Gasteiger partial charge in [-0.15, -0.1) is 0 Å². The molecule has 3 heteroatoms. The van der Waals surface area contributed by atoms with Crippen molar-refractivity contribution in [3.63, 3.8) is 0 Å². The molecule has 0 N–H and O–H groups in total. The maximum atomic E-state index is 6.25. The van der Waals surface area contributed by atoms with Crippen molar-refractivity contribution in [1.82, 2.24) is 0 Å². The highest BCUT2D eigenvalue weighted by Crippen LogP contribution is 2.47. The first-order chi connectivity index (χ1) is 11.3. The molecule has 2 bridgehead atoms. The van der Waals surface area contributed by atoms with Crippen molar-refractivity contribution in [2.75, 3.05) is 0 Å². The van der Waals surface area contributed by atoms with Gasteiger partial charge in [0.1, 0.15) is 0 Å². The Bertz CT molecular complexity index is 621. The molecular weight excluding hydrogens is 295 g/mol. The van der Waals surface area contributed by atoms with Crippen LogP contribution in [0.5, 0.6) is 0 Å². The Labute approximate surface area is 147 Å². The molecule has 1 aromatic carbocycles. The van der Waals surface area contributed by atoms with Gasteiger partial charge in [0.25, 0.3) is 0 Å². The van der Waals surface area contributed by atoms with E-state index < -0.39 is 0 Å². The fourth-order valence-electron chi connectivity index (χ4n) is 4.96. The minimum Gasteiger partial charge on any atom is -0.399 e. The molecule has 3 unspecified atom stereocenters. The molecule has 3 atom stereocenters. The Kier molecular flexibility index (Phi) is 3.89. The molecule has 0 spiro atoms. The lowest BCUT2D eigenvalue weighted by Gasteiger charge is -2.40. The van der Waals surface area contributed by atoms with E-state index in [0.717, 1.165) is 17.8 Å². The van der Waals surface area contributed by atoms with Crippen LogP contribution in [0.25, 0.3) is 0 Å². The van der Waals surface area contributed by atoms with Crippen LogP contribution in [0.1, 0.15) is 77.3 Å². The van der Waals surface area contributed by atoms with E-state index >= 15 is 0 Å². The molecule has 1 saturated heterocycles. The van der Waals surface area contributed by atoms with Gasteiger partial charge in [0.15, 0.2) is 0 Å². The molecular formula is C21H31BO2. The smallest absolute Gasteiger partial charge is 0.399 e. The van der Waals surface area contributed by atoms with Crippen LogP contribution >= 0.6 is 0 Å². The van der Waals surface area contributed by atoms with Gasteiger partial charge in [-0.2, -0.15) is 0 Å². The summed E-state index contributed by atoms with van der Waals surface area (Å²) < 4.78 is 12.5. The number of hydrogen-bond acceptors (Lipinski definition) is 2. The molecule has 2 fully saturated rings. The molecule has 1 aliphatic heterocycles. The Morgan fingerprint density at radius 2 is 1.75 bits per heavy atom. The summed E-state index contributed by atoms with van der Waals surface area (Å²) in [5.41, 5.74) is 3.82. The van der Waals surface area contributed by atoms with Crippen LogP contribution in [0.4, 0.5) is 0 Å². The van der Waals surface area contributed by atoms with Gasteiger partial charge in [-0.25, -0.2) is 0 Å². The molecule has 24 heavy (non-hydrogen) atoms. The van der Waals surface area contributed by atoms with Crippen molar-refractivity contribution >= 4 is 12.6 Å². The second-order valence-electron chi connectivity index (χ2n) is 9.29. The van der Waals surface area contributed by atoms with Gasteiger partial charge < -0.3 is 9.31 Å². The molecule has 1 heterocycles. The highest BCUT2D eigenvalue weighted by molar-refractivity contribution is 6.62. The number of rotatable bonds is 2. The first kappa shape index (κ1) is 16.7. The predicted molar refractivity (Wildman–Crippen MR) is 99.7 cm³/mol. The summed E-state index contributed by atoms with van der Waals surface area (Å²) in [7, 11) is -0.231. The van der Waals surface area contributed by atoms with Crippen LogP contribution in [0.3, 0.4) is 0 Å². The van der Waals surface area contributed by atoms with E-state index in [4.69, 9.17) is 9.31 Å². The van der Waals surface area contributed by atoms with Gasteiger partial charge in [-0.1, -0.05) is 31.5 Å². The third-order valence-electron chi connectivity index (χ3n) is 7.12. The van der Waals surface area contributed by atoms with Crippen LogP contribution < -0.4 is 5.46 Å². The second kappa shape index (κ2) is 5.61. The van der Waals surface area contributed by atoms with Crippen molar-refractivity contribution in [2.24, 2.45) is 11.8 Å². The Balaban J connectivity index is 1.61. The highest BCUT2D eigenvalue weighted by atomic mass is 16.7. The Hall–Kier alpha value is -0.795. The van der Waals surface area contributed by atoms with Gasteiger partial charge in [0, 0.05) is 0 Å². The molecule has 0 radical (unpaired) electrons. The molecule has 0 aromatic heterocycles. The van der Waals surface area contributed by atoms with E-state index in [9.17, 15) is 0 Å². The van der Waals surface area contributed by atoms with Crippen molar-refractivity contribution < 1.29 is 9.31 Å². The monoisotopic (exact) mass is 326 g/mol. The Morgan fingerprint density at radius 3 is 2.42 bits per heavy atom. The molecule has 2 aliphatic carbocycles. The quantitative estimate of drug-likeness (QED) is 0.748. The van der Waals surface area contributed by atoms with E-state index in [0.29, 0.717) is 0 Å². The normalized spacial score (nSPS) is 33.4. The fraction of sp³-hybridized carbons (Fsp3) is 0.714. The summed E-state index contributed by atoms with van der Waals surface area (Å²) in [5.74, 6) is 2.60. The van der Waals surface area contributed by atoms with Crippen molar-refractivity contribution in [2.45, 2.75) is 83.8 Å². The van der Waals surface area contributed by atoms with E-state index in [1.54, 1.807) is 11.1 Å². The van der Waals surface area contributed by atoms with Gasteiger partial charge in [-0.3, -0.25) is 0 Å². The summed E-state index contributed by atoms with van der Waals surface area (Å²) in [6.07, 6.45) is 6.80. The molecule has 2 nitrogen and oxygen atoms in total. The van der Waals surface area contributed by atoms with E-state index in [1.807, 2.05) is 0 Å². The third-order valence-corrected chi connectivity index (χ3v) is 7.12. The first-order valence-electron chi connectivity index (χ1n) is 9.77. The van der Waals surface area contributed by atoms with Gasteiger partial charge in [0.05, 0.1) is 11.2 Å². The third kappa shape index (κ3) is 2.65. The molecule has 1 saturated carbocycles. The zero-order valence-electron chi connectivity index (χ0n) is 15.9. The number of benzene rings is 1. The summed E-state index contributed by atoms with van der Waals surface area (Å²) in [5, 5.41) is 0. The molecule has 130 valence electrons. The standard InChI is InChI=1S/C21H31BO2/c1-6-14-9-15-11-16(10-14)19-8-7-18(13-17(19)12-15)22-23-20(2,3)21(4,5)24-22/h7-8,13-16H,6,9-12H2,1-5H3. The first-order valence-corrected chi connectivity index (χ1v) is 9.77. The van der Waals surface area contributed by atoms with Crippen LogP contribution in [0, 0.1) is 11.8 Å². The number of fused-ring (bicyclic) bond motifs is 4. The Morgan fingerprint density at radius 1 is 1.04 bits per heavy atom. The highest BCUT2D eigenvalue weighted by Gasteiger charge is 2.51. The van der Waals surface area contributed by atoms with Crippen molar-refractivity contribution in [3.8, 4) is 0 Å². The zero-order chi connectivity index (χ0) is 17.1. The van der Waals surface area contributed by atoms with Gasteiger partial charge in [0.2, 0.25) is 0 Å². The maximum absolute atomic E-state index is 6.25.